The lowest BCUT2D eigenvalue weighted by Gasteiger charge is -2.16. The van der Waals surface area contributed by atoms with Gasteiger partial charge in [0.25, 0.3) is 10.0 Å². The molecule has 0 aliphatic carbocycles. The summed E-state index contributed by atoms with van der Waals surface area (Å²) in [6, 6.07) is 8.28. The molecule has 0 bridgehead atoms. The molecule has 0 radical (unpaired) electrons. The van der Waals surface area contributed by atoms with Gasteiger partial charge in [0.05, 0.1) is 20.5 Å². The van der Waals surface area contributed by atoms with Crippen molar-refractivity contribution in [2.24, 2.45) is 0 Å². The summed E-state index contributed by atoms with van der Waals surface area (Å²) >= 11 is 5.82. The SMILES string of the molecule is O=S(=O)(Nc1ccc(OC(F)F)c(Cl)c1)c1ccc(S(=O)(=O)N2CCCC2)cc1. The number of ether oxygens (including phenoxy) is 1. The van der Waals surface area contributed by atoms with Crippen LogP contribution in [0.1, 0.15) is 12.8 Å². The molecule has 3 rings (SSSR count). The van der Waals surface area contributed by atoms with E-state index in [0.29, 0.717) is 13.1 Å². The summed E-state index contributed by atoms with van der Waals surface area (Å²) in [6.45, 7) is -2.18. The standard InChI is InChI=1S/C17H17ClF2N2O5S2/c18-15-11-12(3-8-16(15)27-17(19)20)21-28(23,24)13-4-6-14(7-5-13)29(25,26)22-9-1-2-10-22/h3-8,11,17,21H,1-2,9-10H2. The second kappa shape index (κ2) is 8.42. The number of nitrogens with zero attached hydrogens (tertiary/aromatic N) is 1. The third-order valence-corrected chi connectivity index (χ3v) is 7.84. The lowest BCUT2D eigenvalue weighted by molar-refractivity contribution is -0.0497. The van der Waals surface area contributed by atoms with Crippen LogP contribution >= 0.6 is 11.6 Å². The molecular formula is C17H17ClF2N2O5S2. The second-order valence-electron chi connectivity index (χ2n) is 6.21. The molecule has 1 fully saturated rings. The molecule has 29 heavy (non-hydrogen) atoms. The van der Waals surface area contributed by atoms with E-state index in [1.165, 1.54) is 34.6 Å². The van der Waals surface area contributed by atoms with Crippen molar-refractivity contribution < 1.29 is 30.4 Å². The molecule has 1 aliphatic rings. The molecule has 0 atom stereocenters. The first-order valence-electron chi connectivity index (χ1n) is 8.47. The molecule has 1 saturated heterocycles. The van der Waals surface area contributed by atoms with Crippen LogP contribution in [-0.4, -0.2) is 40.8 Å². The molecule has 2 aromatic rings. The number of anilines is 1. The van der Waals surface area contributed by atoms with Gasteiger partial charge in [-0.1, -0.05) is 11.6 Å². The molecule has 158 valence electrons. The van der Waals surface area contributed by atoms with E-state index in [0.717, 1.165) is 25.0 Å². The number of hydrogen-bond donors (Lipinski definition) is 1. The zero-order valence-corrected chi connectivity index (χ0v) is 17.3. The average molecular weight is 467 g/mol. The molecule has 0 unspecified atom stereocenters. The Labute approximate surface area is 172 Å². The van der Waals surface area contributed by atoms with E-state index >= 15 is 0 Å². The summed E-state index contributed by atoms with van der Waals surface area (Å²) in [5.74, 6) is -0.291. The zero-order chi connectivity index (χ0) is 21.2. The van der Waals surface area contributed by atoms with Crippen LogP contribution in [0.15, 0.2) is 52.3 Å². The van der Waals surface area contributed by atoms with Crippen LogP contribution in [0.4, 0.5) is 14.5 Å². The maximum atomic E-state index is 12.5. The maximum absolute atomic E-state index is 12.5. The monoisotopic (exact) mass is 466 g/mol. The van der Waals surface area contributed by atoms with Gasteiger partial charge in [0.1, 0.15) is 5.75 Å². The molecule has 0 aromatic heterocycles. The first-order chi connectivity index (χ1) is 13.6. The fraction of sp³-hybridized carbons (Fsp3) is 0.294. The highest BCUT2D eigenvalue weighted by Gasteiger charge is 2.27. The van der Waals surface area contributed by atoms with Crippen molar-refractivity contribution in [3.8, 4) is 5.75 Å². The number of rotatable bonds is 7. The molecule has 0 spiro atoms. The van der Waals surface area contributed by atoms with E-state index in [9.17, 15) is 25.6 Å². The fourth-order valence-electron chi connectivity index (χ4n) is 2.84. The van der Waals surface area contributed by atoms with Gasteiger partial charge in [0, 0.05) is 13.1 Å². The van der Waals surface area contributed by atoms with Gasteiger partial charge in [-0.15, -0.1) is 0 Å². The third-order valence-electron chi connectivity index (χ3n) is 4.24. The van der Waals surface area contributed by atoms with Crippen molar-refractivity contribution in [1.29, 1.82) is 0 Å². The number of sulfonamides is 2. The first kappa shape index (κ1) is 21.8. The first-order valence-corrected chi connectivity index (χ1v) is 11.8. The molecular weight excluding hydrogens is 450 g/mol. The normalized spacial score (nSPS) is 15.6. The van der Waals surface area contributed by atoms with Crippen molar-refractivity contribution >= 4 is 37.3 Å². The number of benzene rings is 2. The van der Waals surface area contributed by atoms with E-state index < -0.39 is 26.7 Å². The number of alkyl halides is 2. The Balaban J connectivity index is 1.78. The minimum absolute atomic E-state index is 0.00916. The molecule has 1 heterocycles. The van der Waals surface area contributed by atoms with Crippen LogP contribution < -0.4 is 9.46 Å². The largest absolute Gasteiger partial charge is 0.433 e. The highest BCUT2D eigenvalue weighted by Crippen LogP contribution is 2.30. The van der Waals surface area contributed by atoms with Crippen LogP contribution in [-0.2, 0) is 20.0 Å². The Morgan fingerprint density at radius 3 is 2.10 bits per heavy atom. The lowest BCUT2D eigenvalue weighted by Crippen LogP contribution is -2.27. The summed E-state index contributed by atoms with van der Waals surface area (Å²) in [7, 11) is -7.71. The molecule has 1 aliphatic heterocycles. The van der Waals surface area contributed by atoms with Crippen LogP contribution in [0.2, 0.25) is 5.02 Å². The van der Waals surface area contributed by atoms with E-state index in [1.807, 2.05) is 0 Å². The summed E-state index contributed by atoms with van der Waals surface area (Å²) in [4.78, 5) is -0.156. The molecule has 7 nitrogen and oxygen atoms in total. The van der Waals surface area contributed by atoms with Gasteiger partial charge in [0.2, 0.25) is 10.0 Å². The summed E-state index contributed by atoms with van der Waals surface area (Å²) in [5, 5.41) is -0.197. The Hall–Kier alpha value is -1.95. The summed E-state index contributed by atoms with van der Waals surface area (Å²) < 4.78 is 82.4. The summed E-state index contributed by atoms with van der Waals surface area (Å²) in [5.41, 5.74) is 0.0328. The Kier molecular flexibility index (Phi) is 6.32. The van der Waals surface area contributed by atoms with Gasteiger partial charge < -0.3 is 4.74 Å². The molecule has 0 amide bonds. The topological polar surface area (TPSA) is 92.8 Å². The smallest absolute Gasteiger partial charge is 0.387 e. The number of halogens is 3. The zero-order valence-electron chi connectivity index (χ0n) is 14.9. The fourth-order valence-corrected chi connectivity index (χ4v) is 5.63. The van der Waals surface area contributed by atoms with Crippen LogP contribution in [0, 0.1) is 0 Å². The van der Waals surface area contributed by atoms with Gasteiger partial charge in [-0.25, -0.2) is 16.8 Å². The Morgan fingerprint density at radius 2 is 1.55 bits per heavy atom. The van der Waals surface area contributed by atoms with Gasteiger partial charge in [-0.05, 0) is 55.3 Å². The lowest BCUT2D eigenvalue weighted by atomic mass is 10.3. The summed E-state index contributed by atoms with van der Waals surface area (Å²) in [6.07, 6.45) is 1.58. The number of nitrogens with one attached hydrogen (secondary N) is 1. The minimum atomic E-state index is -4.05. The molecule has 12 heteroatoms. The molecule has 0 saturated carbocycles. The van der Waals surface area contributed by atoms with Crippen LogP contribution in [0.5, 0.6) is 5.75 Å². The van der Waals surface area contributed by atoms with Gasteiger partial charge in [-0.3, -0.25) is 4.72 Å². The van der Waals surface area contributed by atoms with Gasteiger partial charge in [-0.2, -0.15) is 13.1 Å². The predicted molar refractivity (Wildman–Crippen MR) is 103 cm³/mol. The van der Waals surface area contributed by atoms with Gasteiger partial charge >= 0.3 is 6.61 Å². The van der Waals surface area contributed by atoms with Gasteiger partial charge in [0.15, 0.2) is 0 Å². The highest BCUT2D eigenvalue weighted by atomic mass is 35.5. The third kappa shape index (κ3) is 4.97. The predicted octanol–water partition coefficient (Wildman–Crippen LogP) is 3.53. The molecule has 2 aromatic carbocycles. The average Bonchev–Trinajstić information content (AvgIpc) is 3.19. The number of hydrogen-bond acceptors (Lipinski definition) is 5. The Morgan fingerprint density at radius 1 is 0.966 bits per heavy atom. The van der Waals surface area contributed by atoms with Crippen LogP contribution in [0.3, 0.4) is 0 Å². The maximum Gasteiger partial charge on any atom is 0.387 e. The second-order valence-corrected chi connectivity index (χ2v) is 10.2. The minimum Gasteiger partial charge on any atom is -0.433 e. The van der Waals surface area contributed by atoms with E-state index in [-0.39, 0.29) is 26.3 Å². The van der Waals surface area contributed by atoms with Crippen LogP contribution in [0.25, 0.3) is 0 Å². The van der Waals surface area contributed by atoms with E-state index in [4.69, 9.17) is 11.6 Å². The van der Waals surface area contributed by atoms with E-state index in [2.05, 4.69) is 9.46 Å². The van der Waals surface area contributed by atoms with Crippen molar-refractivity contribution in [1.82, 2.24) is 4.31 Å². The van der Waals surface area contributed by atoms with Crippen molar-refractivity contribution in [2.45, 2.75) is 29.2 Å². The van der Waals surface area contributed by atoms with Crippen molar-refractivity contribution in [2.75, 3.05) is 17.8 Å². The van der Waals surface area contributed by atoms with E-state index in [1.54, 1.807) is 0 Å². The Bertz CT molecular complexity index is 1090. The van der Waals surface area contributed by atoms with Crippen molar-refractivity contribution in [3.05, 3.63) is 47.5 Å². The highest BCUT2D eigenvalue weighted by molar-refractivity contribution is 7.92. The molecule has 1 N–H and O–H groups in total. The quantitative estimate of drug-likeness (QED) is 0.673. The van der Waals surface area contributed by atoms with Crippen molar-refractivity contribution in [3.63, 3.8) is 0 Å².